The maximum atomic E-state index is 2.37. The number of fused-ring (bicyclic) bond motifs is 1. The molecular formula is C18H16S4. The first kappa shape index (κ1) is 14.6. The van der Waals surface area contributed by atoms with E-state index in [2.05, 4.69) is 52.0 Å². The Kier molecular flexibility index (Phi) is 3.53. The van der Waals surface area contributed by atoms with Crippen LogP contribution in [-0.4, -0.2) is 0 Å². The van der Waals surface area contributed by atoms with Gasteiger partial charge in [0, 0.05) is 38.7 Å². The first-order valence-electron chi connectivity index (χ1n) is 7.19. The molecule has 22 heavy (non-hydrogen) atoms. The number of hydrogen-bond donors (Lipinski definition) is 0. The summed E-state index contributed by atoms with van der Waals surface area (Å²) in [6, 6.07) is 9.35. The average molecular weight is 361 g/mol. The van der Waals surface area contributed by atoms with Gasteiger partial charge in [-0.05, 0) is 63.1 Å². The van der Waals surface area contributed by atoms with Crippen molar-refractivity contribution in [2.75, 3.05) is 0 Å². The highest BCUT2D eigenvalue weighted by Crippen LogP contribution is 2.45. The largest absolute Gasteiger partial charge is 0.140 e. The molecule has 0 fully saturated rings. The molecule has 0 unspecified atom stereocenters. The van der Waals surface area contributed by atoms with Crippen LogP contribution in [0.3, 0.4) is 0 Å². The van der Waals surface area contributed by atoms with Crippen molar-refractivity contribution in [2.45, 2.75) is 27.7 Å². The second-order valence-corrected chi connectivity index (χ2v) is 10.3. The van der Waals surface area contributed by atoms with Gasteiger partial charge in [-0.25, -0.2) is 0 Å². The summed E-state index contributed by atoms with van der Waals surface area (Å²) in [5, 5.41) is 0. The third kappa shape index (κ3) is 2.38. The minimum atomic E-state index is 1.40. The topological polar surface area (TPSA) is 0 Å². The maximum absolute atomic E-state index is 2.37. The van der Waals surface area contributed by atoms with Gasteiger partial charge in [-0.3, -0.25) is 0 Å². The highest BCUT2D eigenvalue weighted by atomic mass is 32.1. The van der Waals surface area contributed by atoms with E-state index in [4.69, 9.17) is 0 Å². The van der Waals surface area contributed by atoms with Crippen molar-refractivity contribution in [1.82, 2.24) is 0 Å². The van der Waals surface area contributed by atoms with Gasteiger partial charge in [0.15, 0.2) is 0 Å². The summed E-state index contributed by atoms with van der Waals surface area (Å²) in [5.74, 6) is 0. The molecule has 4 aromatic heterocycles. The summed E-state index contributed by atoms with van der Waals surface area (Å²) in [7, 11) is 0. The van der Waals surface area contributed by atoms with E-state index in [1.54, 1.807) is 0 Å². The molecule has 0 N–H and O–H groups in total. The number of rotatable bonds is 2. The van der Waals surface area contributed by atoms with E-state index >= 15 is 0 Å². The third-order valence-electron chi connectivity index (χ3n) is 3.88. The number of thiophene rings is 4. The Hall–Kier alpha value is -0.940. The molecule has 0 aliphatic rings. The maximum Gasteiger partial charge on any atom is 0.0479 e. The molecule has 4 aromatic rings. The molecule has 0 aliphatic heterocycles. The van der Waals surface area contributed by atoms with Crippen LogP contribution in [0.2, 0.25) is 0 Å². The molecule has 0 bridgehead atoms. The van der Waals surface area contributed by atoms with Crippen LogP contribution in [0.5, 0.6) is 0 Å². The molecule has 0 amide bonds. The molecule has 4 heterocycles. The summed E-state index contributed by atoms with van der Waals surface area (Å²) in [5.41, 5.74) is 2.80. The molecule has 4 heteroatoms. The summed E-state index contributed by atoms with van der Waals surface area (Å²) < 4.78 is 2.85. The summed E-state index contributed by atoms with van der Waals surface area (Å²) in [4.78, 5) is 8.49. The Balaban J connectivity index is 1.80. The standard InChI is InChI=1S/C18H16S4/c1-9-5-13(20-12(9)4)14-6-10(2)18(22-14)17-8-16-15(21-17)7-11(3)19-16/h5-8H,1-4H3. The molecule has 4 rings (SSSR count). The van der Waals surface area contributed by atoms with E-state index in [9.17, 15) is 0 Å². The van der Waals surface area contributed by atoms with E-state index in [0.29, 0.717) is 0 Å². The lowest BCUT2D eigenvalue weighted by Gasteiger charge is -1.93. The third-order valence-corrected chi connectivity index (χ3v) is 8.85. The van der Waals surface area contributed by atoms with Crippen LogP contribution in [0.4, 0.5) is 0 Å². The second-order valence-electron chi connectivity index (χ2n) is 5.67. The van der Waals surface area contributed by atoms with E-state index in [1.165, 1.54) is 49.8 Å². The lowest BCUT2D eigenvalue weighted by molar-refractivity contribution is 1.44. The van der Waals surface area contributed by atoms with Crippen molar-refractivity contribution < 1.29 is 0 Å². The second kappa shape index (κ2) is 5.31. The summed E-state index contributed by atoms with van der Waals surface area (Å²) >= 11 is 7.67. The Morgan fingerprint density at radius 2 is 1.27 bits per heavy atom. The number of aryl methyl sites for hydroxylation is 4. The van der Waals surface area contributed by atoms with Gasteiger partial charge in [0.2, 0.25) is 0 Å². The minimum Gasteiger partial charge on any atom is -0.140 e. The van der Waals surface area contributed by atoms with Gasteiger partial charge in [0.1, 0.15) is 0 Å². The van der Waals surface area contributed by atoms with Gasteiger partial charge >= 0.3 is 0 Å². The highest BCUT2D eigenvalue weighted by molar-refractivity contribution is 7.32. The van der Waals surface area contributed by atoms with Crippen molar-refractivity contribution in [1.29, 1.82) is 0 Å². The van der Waals surface area contributed by atoms with Gasteiger partial charge < -0.3 is 0 Å². The Morgan fingerprint density at radius 1 is 0.591 bits per heavy atom. The van der Waals surface area contributed by atoms with Crippen molar-refractivity contribution in [2.24, 2.45) is 0 Å². The van der Waals surface area contributed by atoms with Gasteiger partial charge in [-0.15, -0.1) is 45.3 Å². The molecule has 0 atom stereocenters. The van der Waals surface area contributed by atoms with Crippen LogP contribution in [0, 0.1) is 27.7 Å². The van der Waals surface area contributed by atoms with E-state index in [0.717, 1.165) is 0 Å². The van der Waals surface area contributed by atoms with E-state index in [1.807, 2.05) is 45.3 Å². The average Bonchev–Trinajstić information content (AvgIpc) is 3.14. The van der Waals surface area contributed by atoms with Gasteiger partial charge in [0.25, 0.3) is 0 Å². The van der Waals surface area contributed by atoms with Crippen LogP contribution in [0.25, 0.3) is 28.9 Å². The summed E-state index contributed by atoms with van der Waals surface area (Å²) in [6.07, 6.45) is 0. The summed E-state index contributed by atoms with van der Waals surface area (Å²) in [6.45, 7) is 8.84. The molecule has 0 aliphatic carbocycles. The lowest BCUT2D eigenvalue weighted by atomic mass is 10.2. The van der Waals surface area contributed by atoms with E-state index < -0.39 is 0 Å². The molecule has 0 saturated carbocycles. The first-order valence-corrected chi connectivity index (χ1v) is 10.5. The minimum absolute atomic E-state index is 1.40. The van der Waals surface area contributed by atoms with Crippen LogP contribution < -0.4 is 0 Å². The molecule has 0 saturated heterocycles. The molecule has 0 aromatic carbocycles. The number of hydrogen-bond acceptors (Lipinski definition) is 4. The predicted octanol–water partition coefficient (Wildman–Crippen LogP) is 7.65. The molecule has 0 nitrogen and oxygen atoms in total. The van der Waals surface area contributed by atoms with Gasteiger partial charge in [-0.1, -0.05) is 0 Å². The lowest BCUT2D eigenvalue weighted by Crippen LogP contribution is -1.67. The fourth-order valence-electron chi connectivity index (χ4n) is 2.61. The molecule has 0 spiro atoms. The van der Waals surface area contributed by atoms with Crippen LogP contribution >= 0.6 is 45.3 Å². The fraction of sp³-hybridized carbons (Fsp3) is 0.222. The van der Waals surface area contributed by atoms with E-state index in [-0.39, 0.29) is 0 Å². The monoisotopic (exact) mass is 360 g/mol. The van der Waals surface area contributed by atoms with Crippen LogP contribution in [-0.2, 0) is 0 Å². The Bertz CT molecular complexity index is 923. The van der Waals surface area contributed by atoms with Gasteiger partial charge in [-0.2, -0.15) is 0 Å². The predicted molar refractivity (Wildman–Crippen MR) is 105 cm³/mol. The zero-order chi connectivity index (χ0) is 15.4. The molecule has 112 valence electrons. The highest BCUT2D eigenvalue weighted by Gasteiger charge is 2.14. The van der Waals surface area contributed by atoms with Crippen molar-refractivity contribution >= 4 is 54.7 Å². The fourth-order valence-corrected chi connectivity index (χ4v) is 7.37. The quantitative estimate of drug-likeness (QED) is 0.344. The van der Waals surface area contributed by atoms with Crippen molar-refractivity contribution in [3.63, 3.8) is 0 Å². The normalized spacial score (nSPS) is 11.6. The Labute approximate surface area is 146 Å². The van der Waals surface area contributed by atoms with Gasteiger partial charge in [0.05, 0.1) is 0 Å². The van der Waals surface area contributed by atoms with Crippen LogP contribution in [0.15, 0.2) is 24.3 Å². The Morgan fingerprint density at radius 3 is 1.95 bits per heavy atom. The first-order chi connectivity index (χ1) is 10.5. The SMILES string of the molecule is Cc1cc2sc(-c3sc(-c4cc(C)c(C)s4)cc3C)cc2s1. The van der Waals surface area contributed by atoms with Crippen molar-refractivity contribution in [3.8, 4) is 19.5 Å². The van der Waals surface area contributed by atoms with Crippen LogP contribution in [0.1, 0.15) is 20.9 Å². The zero-order valence-electron chi connectivity index (χ0n) is 12.9. The molecule has 0 radical (unpaired) electrons. The van der Waals surface area contributed by atoms with Crippen molar-refractivity contribution in [3.05, 3.63) is 45.1 Å². The smallest absolute Gasteiger partial charge is 0.0479 e. The zero-order valence-corrected chi connectivity index (χ0v) is 16.2. The molecular weight excluding hydrogens is 344 g/mol.